The zero-order valence-electron chi connectivity index (χ0n) is 11.1. The van der Waals surface area contributed by atoms with Gasteiger partial charge >= 0.3 is 12.0 Å². The van der Waals surface area contributed by atoms with Crippen molar-refractivity contribution in [3.8, 4) is 0 Å². The third-order valence-electron chi connectivity index (χ3n) is 3.07. The maximum Gasteiger partial charge on any atom is 0.332 e. The Kier molecular flexibility index (Phi) is 4.29. The van der Waals surface area contributed by atoms with Crippen molar-refractivity contribution in [2.24, 2.45) is 5.73 Å². The van der Waals surface area contributed by atoms with E-state index in [2.05, 4.69) is 0 Å². The Morgan fingerprint density at radius 3 is 2.80 bits per heavy atom. The molecule has 0 atom stereocenters. The molecule has 0 aliphatic carbocycles. The van der Waals surface area contributed by atoms with E-state index in [1.54, 1.807) is 12.1 Å². The summed E-state index contributed by atoms with van der Waals surface area (Å²) in [4.78, 5) is 24.3. The van der Waals surface area contributed by atoms with Gasteiger partial charge in [-0.1, -0.05) is 24.6 Å². The van der Waals surface area contributed by atoms with Crippen molar-refractivity contribution in [3.05, 3.63) is 40.6 Å². The van der Waals surface area contributed by atoms with Crippen LogP contribution in [0, 0.1) is 0 Å². The van der Waals surface area contributed by atoms with Crippen molar-refractivity contribution in [2.75, 3.05) is 11.5 Å². The third-order valence-corrected chi connectivity index (χ3v) is 3.42. The van der Waals surface area contributed by atoms with Crippen LogP contribution in [0.4, 0.5) is 10.5 Å². The average molecular weight is 295 g/mol. The minimum Gasteiger partial charge on any atom is -0.462 e. The fraction of sp³-hybridized carbons (Fsp3) is 0.286. The predicted octanol–water partition coefficient (Wildman–Crippen LogP) is 2.62. The fourth-order valence-electron chi connectivity index (χ4n) is 2.08. The first kappa shape index (κ1) is 14.4. The number of amides is 2. The zero-order chi connectivity index (χ0) is 14.7. The molecular formula is C14H15ClN2O3. The molecule has 5 nitrogen and oxygen atoms in total. The van der Waals surface area contributed by atoms with Crippen LogP contribution >= 0.6 is 11.6 Å². The minimum absolute atomic E-state index is 0.231. The maximum absolute atomic E-state index is 11.7. The van der Waals surface area contributed by atoms with Gasteiger partial charge in [0.1, 0.15) is 0 Å². The summed E-state index contributed by atoms with van der Waals surface area (Å²) in [7, 11) is 0. The van der Waals surface area contributed by atoms with Crippen LogP contribution in [0.5, 0.6) is 0 Å². The van der Waals surface area contributed by atoms with Gasteiger partial charge in [-0.05, 0) is 24.1 Å². The van der Waals surface area contributed by atoms with Crippen LogP contribution in [0.25, 0.3) is 0 Å². The van der Waals surface area contributed by atoms with Crippen molar-refractivity contribution in [1.82, 2.24) is 0 Å². The second-order valence-corrected chi connectivity index (χ2v) is 4.76. The Bertz CT molecular complexity index is 584. The first-order valence-electron chi connectivity index (χ1n) is 6.28. The molecule has 1 aromatic carbocycles. The predicted molar refractivity (Wildman–Crippen MR) is 76.6 cm³/mol. The number of nitrogens with two attached hydrogens (primary N) is 1. The monoisotopic (exact) mass is 294 g/mol. The van der Waals surface area contributed by atoms with Gasteiger partial charge in [-0.25, -0.2) is 9.59 Å². The van der Waals surface area contributed by atoms with E-state index < -0.39 is 12.0 Å². The highest BCUT2D eigenvalue weighted by Gasteiger charge is 2.22. The number of carbonyl (C=O) groups is 2. The third kappa shape index (κ3) is 2.93. The molecule has 0 fully saturated rings. The van der Waals surface area contributed by atoms with Crippen LogP contribution in [0.2, 0.25) is 5.02 Å². The first-order chi connectivity index (χ1) is 9.52. The molecule has 106 valence electrons. The molecule has 2 amide bonds. The molecule has 0 saturated carbocycles. The largest absolute Gasteiger partial charge is 0.462 e. The average Bonchev–Trinajstić information content (AvgIpc) is 2.39. The molecule has 0 aromatic heterocycles. The van der Waals surface area contributed by atoms with E-state index >= 15 is 0 Å². The fourth-order valence-corrected chi connectivity index (χ4v) is 2.39. The SMILES string of the molecule is CCc1ccc(N(C(N)=O)C2=CC(=O)OCC2)cc1Cl. The molecule has 6 heteroatoms. The minimum atomic E-state index is -0.661. The van der Waals surface area contributed by atoms with Gasteiger partial charge in [0.25, 0.3) is 0 Å². The standard InChI is InChI=1S/C14H15ClN2O3/c1-2-9-3-4-10(7-12(9)15)17(14(16)19)11-5-6-20-13(18)8-11/h3-4,7-8H,2,5-6H2,1H3,(H2,16,19). The number of primary amides is 1. The van der Waals surface area contributed by atoms with Crippen molar-refractivity contribution in [1.29, 1.82) is 0 Å². The van der Waals surface area contributed by atoms with E-state index in [4.69, 9.17) is 22.1 Å². The summed E-state index contributed by atoms with van der Waals surface area (Å²) in [5.74, 6) is -0.478. The molecule has 2 N–H and O–H groups in total. The first-order valence-corrected chi connectivity index (χ1v) is 6.66. The second-order valence-electron chi connectivity index (χ2n) is 4.36. The number of esters is 1. The topological polar surface area (TPSA) is 72.6 Å². The molecular weight excluding hydrogens is 280 g/mol. The summed E-state index contributed by atoms with van der Waals surface area (Å²) in [6.45, 7) is 2.22. The van der Waals surface area contributed by atoms with Gasteiger partial charge in [-0.2, -0.15) is 0 Å². The number of carbonyl (C=O) groups excluding carboxylic acids is 2. The summed E-state index contributed by atoms with van der Waals surface area (Å²) >= 11 is 6.16. The molecule has 1 heterocycles. The number of benzene rings is 1. The summed E-state index contributed by atoms with van der Waals surface area (Å²) in [5.41, 5.74) is 7.45. The molecule has 20 heavy (non-hydrogen) atoms. The van der Waals surface area contributed by atoms with Crippen molar-refractivity contribution >= 4 is 29.3 Å². The zero-order valence-corrected chi connectivity index (χ0v) is 11.8. The molecule has 0 unspecified atom stereocenters. The van der Waals surface area contributed by atoms with Gasteiger partial charge in [-0.15, -0.1) is 0 Å². The smallest absolute Gasteiger partial charge is 0.332 e. The Labute approximate surface area is 121 Å². The van der Waals surface area contributed by atoms with E-state index in [1.165, 1.54) is 11.0 Å². The summed E-state index contributed by atoms with van der Waals surface area (Å²) in [5, 5.41) is 0.565. The lowest BCUT2D eigenvalue weighted by Gasteiger charge is -2.26. The second kappa shape index (κ2) is 5.96. The normalized spacial score (nSPS) is 14.5. The van der Waals surface area contributed by atoms with E-state index in [0.29, 0.717) is 22.8 Å². The van der Waals surface area contributed by atoms with Crippen LogP contribution in [-0.4, -0.2) is 18.6 Å². The van der Waals surface area contributed by atoms with Crippen LogP contribution in [0.1, 0.15) is 18.9 Å². The quantitative estimate of drug-likeness (QED) is 0.871. The molecule has 0 saturated heterocycles. The van der Waals surface area contributed by atoms with E-state index in [9.17, 15) is 9.59 Å². The highest BCUT2D eigenvalue weighted by atomic mass is 35.5. The number of cyclic esters (lactones) is 1. The van der Waals surface area contributed by atoms with Gasteiger partial charge in [-0.3, -0.25) is 4.90 Å². The molecule has 0 spiro atoms. The van der Waals surface area contributed by atoms with E-state index in [1.807, 2.05) is 13.0 Å². The Balaban J connectivity index is 2.41. The highest BCUT2D eigenvalue weighted by Crippen LogP contribution is 2.28. The molecule has 1 aromatic rings. The number of aryl methyl sites for hydroxylation is 1. The lowest BCUT2D eigenvalue weighted by molar-refractivity contribution is -0.138. The van der Waals surface area contributed by atoms with E-state index in [-0.39, 0.29) is 6.61 Å². The number of ether oxygens (including phenoxy) is 1. The lowest BCUT2D eigenvalue weighted by atomic mass is 10.1. The summed E-state index contributed by atoms with van der Waals surface area (Å²) in [6.07, 6.45) is 2.50. The van der Waals surface area contributed by atoms with Crippen LogP contribution < -0.4 is 10.6 Å². The maximum atomic E-state index is 11.7. The molecule has 2 rings (SSSR count). The number of hydrogen-bond donors (Lipinski definition) is 1. The number of rotatable bonds is 3. The Hall–Kier alpha value is -2.01. The Morgan fingerprint density at radius 2 is 2.25 bits per heavy atom. The number of halogens is 1. The van der Waals surface area contributed by atoms with E-state index in [0.717, 1.165) is 12.0 Å². The van der Waals surface area contributed by atoms with Crippen LogP contribution in [0.3, 0.4) is 0 Å². The summed E-state index contributed by atoms with van der Waals surface area (Å²) in [6, 6.07) is 4.61. The van der Waals surface area contributed by atoms with Gasteiger partial charge in [0.2, 0.25) is 0 Å². The lowest BCUT2D eigenvalue weighted by Crippen LogP contribution is -2.37. The number of urea groups is 1. The van der Waals surface area contributed by atoms with Crippen molar-refractivity contribution < 1.29 is 14.3 Å². The summed E-state index contributed by atoms with van der Waals surface area (Å²) < 4.78 is 4.81. The molecule has 1 aliphatic heterocycles. The van der Waals surface area contributed by atoms with Crippen molar-refractivity contribution in [3.63, 3.8) is 0 Å². The Morgan fingerprint density at radius 1 is 1.50 bits per heavy atom. The van der Waals surface area contributed by atoms with Gasteiger partial charge < -0.3 is 10.5 Å². The number of nitrogens with zero attached hydrogens (tertiary/aromatic N) is 1. The van der Waals surface area contributed by atoms with Gasteiger partial charge in [0, 0.05) is 23.2 Å². The van der Waals surface area contributed by atoms with Gasteiger partial charge in [0.05, 0.1) is 12.3 Å². The molecule has 1 aliphatic rings. The number of anilines is 1. The molecule has 0 bridgehead atoms. The molecule has 0 radical (unpaired) electrons. The number of hydrogen-bond acceptors (Lipinski definition) is 3. The van der Waals surface area contributed by atoms with Gasteiger partial charge in [0.15, 0.2) is 0 Å². The van der Waals surface area contributed by atoms with Crippen molar-refractivity contribution in [2.45, 2.75) is 19.8 Å². The highest BCUT2D eigenvalue weighted by molar-refractivity contribution is 6.31. The van der Waals surface area contributed by atoms with Crippen LogP contribution in [0.15, 0.2) is 30.0 Å². The van der Waals surface area contributed by atoms with Crippen LogP contribution in [-0.2, 0) is 16.0 Å².